The van der Waals surface area contributed by atoms with Gasteiger partial charge in [0.2, 0.25) is 5.60 Å². The highest BCUT2D eigenvalue weighted by molar-refractivity contribution is 6.21. The minimum absolute atomic E-state index is 0.160. The second-order valence-electron chi connectivity index (χ2n) is 5.03. The lowest BCUT2D eigenvalue weighted by molar-refractivity contribution is -0.167. The summed E-state index contributed by atoms with van der Waals surface area (Å²) >= 11 is 0. The van der Waals surface area contributed by atoms with E-state index in [-0.39, 0.29) is 6.42 Å². The van der Waals surface area contributed by atoms with Crippen LogP contribution in [0.5, 0.6) is 0 Å². The number of hydrogen-bond acceptors (Lipinski definition) is 4. The van der Waals surface area contributed by atoms with Gasteiger partial charge in [-0.3, -0.25) is 19.4 Å². The predicted octanol–water partition coefficient (Wildman–Crippen LogP) is 0.319. The maximum Gasteiger partial charge on any atom is 0.333 e. The van der Waals surface area contributed by atoms with Gasteiger partial charge >= 0.3 is 6.03 Å². The second-order valence-corrected chi connectivity index (χ2v) is 5.03. The maximum absolute atomic E-state index is 12.1. The monoisotopic (exact) mass is 276 g/mol. The third kappa shape index (κ3) is 2.08. The Balaban J connectivity index is 2.36. The molecule has 1 heterocycles. The van der Waals surface area contributed by atoms with Crippen molar-refractivity contribution in [2.45, 2.75) is 18.9 Å². The van der Waals surface area contributed by atoms with Crippen LogP contribution >= 0.6 is 0 Å². The van der Waals surface area contributed by atoms with Crippen LogP contribution in [-0.2, 0) is 16.0 Å². The van der Waals surface area contributed by atoms with E-state index in [0.717, 1.165) is 15.4 Å². The number of benzene rings is 1. The summed E-state index contributed by atoms with van der Waals surface area (Å²) in [6.07, 6.45) is -0.160. The molecule has 0 aliphatic carbocycles. The zero-order valence-electron chi connectivity index (χ0n) is 11.6. The topological polar surface area (TPSA) is 77.9 Å². The van der Waals surface area contributed by atoms with E-state index in [4.69, 9.17) is 0 Å². The van der Waals surface area contributed by atoms with Gasteiger partial charge in [-0.2, -0.15) is 0 Å². The Morgan fingerprint density at radius 3 is 1.90 bits per heavy atom. The Hall–Kier alpha value is -2.21. The molecule has 1 aromatic rings. The zero-order chi connectivity index (χ0) is 15.1. The molecule has 0 aromatic heterocycles. The summed E-state index contributed by atoms with van der Waals surface area (Å²) in [4.78, 5) is 37.3. The van der Waals surface area contributed by atoms with E-state index in [1.807, 2.05) is 19.1 Å². The van der Waals surface area contributed by atoms with Crippen molar-refractivity contribution in [1.29, 1.82) is 0 Å². The van der Waals surface area contributed by atoms with Crippen molar-refractivity contribution in [3.8, 4) is 0 Å². The molecule has 1 saturated heterocycles. The van der Waals surface area contributed by atoms with Crippen LogP contribution in [0.2, 0.25) is 0 Å². The summed E-state index contributed by atoms with van der Waals surface area (Å²) < 4.78 is 0. The van der Waals surface area contributed by atoms with Crippen LogP contribution in [0.15, 0.2) is 24.3 Å². The molecule has 0 radical (unpaired) electrons. The van der Waals surface area contributed by atoms with E-state index < -0.39 is 23.4 Å². The number of imide groups is 2. The number of hydrogen-bond donors (Lipinski definition) is 1. The summed E-state index contributed by atoms with van der Waals surface area (Å²) in [7, 11) is 2.49. The van der Waals surface area contributed by atoms with E-state index in [2.05, 4.69) is 0 Å². The highest BCUT2D eigenvalue weighted by Crippen LogP contribution is 2.24. The molecule has 0 atom stereocenters. The van der Waals surface area contributed by atoms with Crippen LogP contribution in [0.3, 0.4) is 0 Å². The number of urea groups is 1. The summed E-state index contributed by atoms with van der Waals surface area (Å²) in [5.74, 6) is -1.79. The molecule has 1 N–H and O–H groups in total. The molecule has 1 fully saturated rings. The van der Waals surface area contributed by atoms with Crippen molar-refractivity contribution >= 4 is 17.8 Å². The summed E-state index contributed by atoms with van der Waals surface area (Å²) in [6, 6.07) is 6.40. The Labute approximate surface area is 116 Å². The van der Waals surface area contributed by atoms with E-state index in [0.29, 0.717) is 5.56 Å². The Morgan fingerprint density at radius 2 is 1.45 bits per heavy atom. The fraction of sp³-hybridized carbons (Fsp3) is 0.357. The maximum atomic E-state index is 12.1. The van der Waals surface area contributed by atoms with Crippen LogP contribution in [0, 0.1) is 6.92 Å². The normalized spacial score (nSPS) is 18.7. The van der Waals surface area contributed by atoms with E-state index in [9.17, 15) is 19.5 Å². The molecule has 6 nitrogen and oxygen atoms in total. The zero-order valence-corrected chi connectivity index (χ0v) is 11.6. The molecule has 6 heteroatoms. The molecule has 1 aliphatic rings. The average Bonchev–Trinajstić information content (AvgIpc) is 2.44. The Morgan fingerprint density at radius 1 is 1.00 bits per heavy atom. The van der Waals surface area contributed by atoms with Gasteiger partial charge in [-0.1, -0.05) is 29.8 Å². The van der Waals surface area contributed by atoms with E-state index in [1.165, 1.54) is 14.1 Å². The SMILES string of the molecule is Cc1ccc(CC2(O)C(=O)N(C)C(=O)N(C)C2=O)cc1. The van der Waals surface area contributed by atoms with Crippen LogP contribution in [0.4, 0.5) is 4.79 Å². The number of likely N-dealkylation sites (N-methyl/N-ethyl adjacent to an activating group) is 2. The smallest absolute Gasteiger partial charge is 0.333 e. The van der Waals surface area contributed by atoms with Gasteiger partial charge in [0, 0.05) is 20.5 Å². The van der Waals surface area contributed by atoms with Gasteiger partial charge in [0.05, 0.1) is 0 Å². The molecular formula is C14H16N2O4. The van der Waals surface area contributed by atoms with Crippen LogP contribution in [0.25, 0.3) is 0 Å². The van der Waals surface area contributed by atoms with Crippen LogP contribution < -0.4 is 0 Å². The largest absolute Gasteiger partial charge is 0.371 e. The summed E-state index contributed by atoms with van der Waals surface area (Å²) in [5, 5.41) is 10.5. The van der Waals surface area contributed by atoms with Gasteiger partial charge in [0.15, 0.2) is 0 Å². The third-order valence-corrected chi connectivity index (χ3v) is 3.47. The highest BCUT2D eigenvalue weighted by atomic mass is 16.3. The van der Waals surface area contributed by atoms with E-state index in [1.54, 1.807) is 12.1 Å². The quantitative estimate of drug-likeness (QED) is 0.789. The lowest BCUT2D eigenvalue weighted by atomic mass is 9.90. The van der Waals surface area contributed by atoms with Gasteiger partial charge < -0.3 is 5.11 Å². The van der Waals surface area contributed by atoms with E-state index >= 15 is 0 Å². The number of carbonyl (C=O) groups is 3. The van der Waals surface area contributed by atoms with Crippen molar-refractivity contribution < 1.29 is 19.5 Å². The van der Waals surface area contributed by atoms with Crippen LogP contribution in [0.1, 0.15) is 11.1 Å². The predicted molar refractivity (Wildman–Crippen MR) is 70.8 cm³/mol. The number of rotatable bonds is 2. The molecule has 2 rings (SSSR count). The fourth-order valence-corrected chi connectivity index (χ4v) is 2.20. The van der Waals surface area contributed by atoms with Gasteiger partial charge in [-0.25, -0.2) is 4.79 Å². The first-order valence-corrected chi connectivity index (χ1v) is 6.15. The number of nitrogens with zero attached hydrogens (tertiary/aromatic N) is 2. The molecule has 1 aromatic carbocycles. The number of carbonyl (C=O) groups excluding carboxylic acids is 3. The lowest BCUT2D eigenvalue weighted by Gasteiger charge is -2.38. The standard InChI is InChI=1S/C14H16N2O4/c1-9-4-6-10(7-5-9)8-14(20)11(17)15(2)13(19)16(3)12(14)18/h4-7,20H,8H2,1-3H3. The van der Waals surface area contributed by atoms with Crippen molar-refractivity contribution in [2.24, 2.45) is 0 Å². The van der Waals surface area contributed by atoms with Crippen molar-refractivity contribution in [3.63, 3.8) is 0 Å². The first-order valence-electron chi connectivity index (χ1n) is 6.15. The minimum atomic E-state index is -2.23. The molecule has 1 aliphatic heterocycles. The highest BCUT2D eigenvalue weighted by Gasteiger charge is 2.54. The second kappa shape index (κ2) is 4.72. The minimum Gasteiger partial charge on any atom is -0.371 e. The average molecular weight is 276 g/mol. The fourth-order valence-electron chi connectivity index (χ4n) is 2.20. The molecule has 4 amide bonds. The molecule has 0 spiro atoms. The molecule has 20 heavy (non-hydrogen) atoms. The first kappa shape index (κ1) is 14.2. The summed E-state index contributed by atoms with van der Waals surface area (Å²) in [5.41, 5.74) is -0.547. The van der Waals surface area contributed by atoms with Gasteiger partial charge in [0.1, 0.15) is 0 Å². The van der Waals surface area contributed by atoms with Gasteiger partial charge in [-0.15, -0.1) is 0 Å². The number of amides is 4. The molecule has 106 valence electrons. The number of aliphatic hydroxyl groups is 1. The van der Waals surface area contributed by atoms with Crippen molar-refractivity contribution in [2.75, 3.05) is 14.1 Å². The molecule has 0 saturated carbocycles. The van der Waals surface area contributed by atoms with Gasteiger partial charge in [0.25, 0.3) is 11.8 Å². The number of barbiturate groups is 1. The molecule has 0 unspecified atom stereocenters. The van der Waals surface area contributed by atoms with Gasteiger partial charge in [-0.05, 0) is 12.5 Å². The van der Waals surface area contributed by atoms with Crippen molar-refractivity contribution in [3.05, 3.63) is 35.4 Å². The summed E-state index contributed by atoms with van der Waals surface area (Å²) in [6.45, 7) is 1.91. The molecular weight excluding hydrogens is 260 g/mol. The first-order chi connectivity index (χ1) is 9.27. The Kier molecular flexibility index (Phi) is 3.35. The molecule has 0 bridgehead atoms. The third-order valence-electron chi connectivity index (χ3n) is 3.47. The van der Waals surface area contributed by atoms with Crippen molar-refractivity contribution in [1.82, 2.24) is 9.80 Å². The number of aryl methyl sites for hydroxylation is 1. The van der Waals surface area contributed by atoms with Crippen LogP contribution in [-0.4, -0.2) is 52.4 Å². The Bertz CT molecular complexity index is 555. The lowest BCUT2D eigenvalue weighted by Crippen LogP contribution is -2.67.